The maximum atomic E-state index is 13.8. The molecule has 0 aliphatic carbocycles. The van der Waals surface area contributed by atoms with E-state index in [0.717, 1.165) is 11.3 Å². The van der Waals surface area contributed by atoms with Crippen LogP contribution in [0.5, 0.6) is 0 Å². The molecule has 0 aliphatic heterocycles. The standard InChI is InChI=1S/C23H16BrClFN5OS/c24-17-6-11-20(26)16(12-17)13-27-28-21(32)14-33-23-30-29-22(15-4-2-1-3-5-15)31(23)19-9-7-18(25)8-10-19/h1-13H,14H2,(H,28,32). The van der Waals surface area contributed by atoms with E-state index in [-0.39, 0.29) is 17.2 Å². The number of carbonyl (C=O) groups excluding carboxylic acids is 1. The molecule has 0 radical (unpaired) electrons. The summed E-state index contributed by atoms with van der Waals surface area (Å²) in [6.45, 7) is 0. The molecular formula is C23H16BrClFN5OS. The fourth-order valence-electron chi connectivity index (χ4n) is 2.91. The van der Waals surface area contributed by atoms with Gasteiger partial charge in [-0.05, 0) is 42.5 Å². The highest BCUT2D eigenvalue weighted by Gasteiger charge is 2.17. The Kier molecular flexibility index (Phi) is 7.54. The summed E-state index contributed by atoms with van der Waals surface area (Å²) in [7, 11) is 0. The van der Waals surface area contributed by atoms with Crippen LogP contribution in [0.15, 0.2) is 87.5 Å². The Hall–Kier alpha value is -3.01. The molecule has 166 valence electrons. The summed E-state index contributed by atoms with van der Waals surface area (Å²) in [6.07, 6.45) is 1.26. The van der Waals surface area contributed by atoms with E-state index < -0.39 is 5.82 Å². The molecule has 10 heteroatoms. The van der Waals surface area contributed by atoms with E-state index in [0.29, 0.717) is 20.5 Å². The molecular weight excluding hydrogens is 529 g/mol. The largest absolute Gasteiger partial charge is 0.272 e. The first-order chi connectivity index (χ1) is 16.0. The van der Waals surface area contributed by atoms with E-state index in [9.17, 15) is 9.18 Å². The number of rotatable bonds is 7. The van der Waals surface area contributed by atoms with Crippen molar-refractivity contribution >= 4 is 51.4 Å². The van der Waals surface area contributed by atoms with Gasteiger partial charge in [-0.25, -0.2) is 9.82 Å². The van der Waals surface area contributed by atoms with Gasteiger partial charge < -0.3 is 0 Å². The molecule has 0 spiro atoms. The maximum Gasteiger partial charge on any atom is 0.250 e. The zero-order valence-corrected chi connectivity index (χ0v) is 20.1. The topological polar surface area (TPSA) is 72.2 Å². The van der Waals surface area contributed by atoms with Crippen LogP contribution in [-0.4, -0.2) is 32.6 Å². The number of nitrogens with zero attached hydrogens (tertiary/aromatic N) is 4. The number of benzene rings is 3. The summed E-state index contributed by atoms with van der Waals surface area (Å²) in [5.41, 5.74) is 4.36. The van der Waals surface area contributed by atoms with Crippen molar-refractivity contribution in [3.8, 4) is 17.1 Å². The summed E-state index contributed by atoms with van der Waals surface area (Å²) in [4.78, 5) is 12.3. The highest BCUT2D eigenvalue weighted by molar-refractivity contribution is 9.10. The molecule has 0 fully saturated rings. The van der Waals surface area contributed by atoms with E-state index in [1.807, 2.05) is 47.0 Å². The predicted octanol–water partition coefficient (Wildman–Crippen LogP) is 5.73. The van der Waals surface area contributed by atoms with Crippen molar-refractivity contribution in [1.29, 1.82) is 0 Å². The lowest BCUT2D eigenvalue weighted by molar-refractivity contribution is -0.118. The molecule has 1 aromatic heterocycles. The first kappa shape index (κ1) is 23.2. The van der Waals surface area contributed by atoms with Gasteiger partial charge >= 0.3 is 0 Å². The lowest BCUT2D eigenvalue weighted by Crippen LogP contribution is -2.20. The molecule has 0 saturated carbocycles. The monoisotopic (exact) mass is 543 g/mol. The number of thioether (sulfide) groups is 1. The van der Waals surface area contributed by atoms with E-state index in [4.69, 9.17) is 11.6 Å². The lowest BCUT2D eigenvalue weighted by atomic mass is 10.2. The van der Waals surface area contributed by atoms with Crippen LogP contribution in [0.2, 0.25) is 5.02 Å². The summed E-state index contributed by atoms with van der Waals surface area (Å²) >= 11 is 10.5. The van der Waals surface area contributed by atoms with Crippen molar-refractivity contribution < 1.29 is 9.18 Å². The van der Waals surface area contributed by atoms with Crippen LogP contribution < -0.4 is 5.43 Å². The van der Waals surface area contributed by atoms with Crippen LogP contribution in [0.25, 0.3) is 17.1 Å². The summed E-state index contributed by atoms with van der Waals surface area (Å²) < 4.78 is 16.4. The molecule has 1 heterocycles. The predicted molar refractivity (Wildman–Crippen MR) is 132 cm³/mol. The average Bonchev–Trinajstić information content (AvgIpc) is 3.25. The van der Waals surface area contributed by atoms with Crippen LogP contribution >= 0.6 is 39.3 Å². The zero-order valence-electron chi connectivity index (χ0n) is 17.0. The van der Waals surface area contributed by atoms with Gasteiger partial charge in [-0.3, -0.25) is 9.36 Å². The second-order valence-corrected chi connectivity index (χ2v) is 9.03. The number of nitrogens with one attached hydrogen (secondary N) is 1. The van der Waals surface area contributed by atoms with Crippen molar-refractivity contribution in [3.63, 3.8) is 0 Å². The van der Waals surface area contributed by atoms with Gasteiger partial charge in [-0.2, -0.15) is 5.10 Å². The summed E-state index contributed by atoms with van der Waals surface area (Å²) in [5.74, 6) is -0.114. The second kappa shape index (κ2) is 10.7. The Morgan fingerprint density at radius 1 is 1.12 bits per heavy atom. The molecule has 6 nitrogen and oxygen atoms in total. The molecule has 0 atom stereocenters. The molecule has 0 saturated heterocycles. The van der Waals surface area contributed by atoms with Crippen molar-refractivity contribution in [1.82, 2.24) is 20.2 Å². The average molecular weight is 545 g/mol. The first-order valence-electron chi connectivity index (χ1n) is 9.68. The number of amides is 1. The fourth-order valence-corrected chi connectivity index (χ4v) is 4.16. The van der Waals surface area contributed by atoms with Gasteiger partial charge in [0, 0.05) is 26.3 Å². The fraction of sp³-hybridized carbons (Fsp3) is 0.0435. The molecule has 4 aromatic rings. The third kappa shape index (κ3) is 5.87. The van der Waals surface area contributed by atoms with Crippen LogP contribution in [0.1, 0.15) is 5.56 Å². The number of carbonyl (C=O) groups is 1. The van der Waals surface area contributed by atoms with Gasteiger partial charge in [0.2, 0.25) is 0 Å². The van der Waals surface area contributed by atoms with Crippen LogP contribution in [0, 0.1) is 5.82 Å². The number of hydrazone groups is 1. The Labute approximate surface area is 207 Å². The maximum absolute atomic E-state index is 13.8. The van der Waals surface area contributed by atoms with Crippen molar-refractivity contribution in [2.45, 2.75) is 5.16 Å². The molecule has 0 bridgehead atoms. The van der Waals surface area contributed by atoms with Gasteiger partial charge in [0.25, 0.3) is 5.91 Å². The SMILES string of the molecule is O=C(CSc1nnc(-c2ccccc2)n1-c1ccc(Cl)cc1)NN=Cc1cc(Br)ccc1F. The lowest BCUT2D eigenvalue weighted by Gasteiger charge is -2.10. The highest BCUT2D eigenvalue weighted by atomic mass is 79.9. The normalized spacial score (nSPS) is 11.1. The first-order valence-corrected chi connectivity index (χ1v) is 11.8. The molecule has 33 heavy (non-hydrogen) atoms. The summed E-state index contributed by atoms with van der Waals surface area (Å²) in [5, 5.41) is 13.6. The third-order valence-electron chi connectivity index (χ3n) is 4.43. The van der Waals surface area contributed by atoms with Gasteiger partial charge in [-0.15, -0.1) is 10.2 Å². The minimum absolute atomic E-state index is 0.0405. The highest BCUT2D eigenvalue weighted by Crippen LogP contribution is 2.28. The Balaban J connectivity index is 1.50. The van der Waals surface area contributed by atoms with Crippen molar-refractivity contribution in [3.05, 3.63) is 93.7 Å². The van der Waals surface area contributed by atoms with Crippen LogP contribution in [0.4, 0.5) is 4.39 Å². The van der Waals surface area contributed by atoms with Gasteiger partial charge in [0.15, 0.2) is 11.0 Å². The molecule has 0 unspecified atom stereocenters. The van der Waals surface area contributed by atoms with E-state index >= 15 is 0 Å². The quantitative estimate of drug-likeness (QED) is 0.183. The Morgan fingerprint density at radius 3 is 2.64 bits per heavy atom. The van der Waals surface area contributed by atoms with Gasteiger partial charge in [0.05, 0.1) is 12.0 Å². The number of hydrogen-bond acceptors (Lipinski definition) is 5. The molecule has 1 N–H and O–H groups in total. The summed E-state index contributed by atoms with van der Waals surface area (Å²) in [6, 6.07) is 21.4. The smallest absolute Gasteiger partial charge is 0.250 e. The Morgan fingerprint density at radius 2 is 1.88 bits per heavy atom. The van der Waals surface area contributed by atoms with Crippen LogP contribution in [-0.2, 0) is 4.79 Å². The molecule has 0 aliphatic rings. The number of halogens is 3. The molecule has 3 aromatic carbocycles. The van der Waals surface area contributed by atoms with E-state index in [1.54, 1.807) is 24.3 Å². The molecule has 1 amide bonds. The number of aromatic nitrogens is 3. The van der Waals surface area contributed by atoms with Crippen LogP contribution in [0.3, 0.4) is 0 Å². The zero-order chi connectivity index (χ0) is 23.2. The number of hydrogen-bond donors (Lipinski definition) is 1. The Bertz CT molecular complexity index is 1300. The second-order valence-electron chi connectivity index (χ2n) is 6.73. The minimum atomic E-state index is -0.435. The van der Waals surface area contributed by atoms with Gasteiger partial charge in [0.1, 0.15) is 5.82 Å². The third-order valence-corrected chi connectivity index (χ3v) is 6.11. The van der Waals surface area contributed by atoms with Gasteiger partial charge in [-0.1, -0.05) is 69.6 Å². The minimum Gasteiger partial charge on any atom is -0.272 e. The van der Waals surface area contributed by atoms with Crippen molar-refractivity contribution in [2.24, 2.45) is 5.10 Å². The van der Waals surface area contributed by atoms with Crippen molar-refractivity contribution in [2.75, 3.05) is 5.75 Å². The molecule has 4 rings (SSSR count). The van der Waals surface area contributed by atoms with E-state index in [2.05, 4.69) is 36.7 Å². The van der Waals surface area contributed by atoms with E-state index in [1.165, 1.54) is 24.0 Å².